The standard InChI is InChI=1S/C20H28FN3O2/c21-16-10-17(12-18(11-16)24-4-6-26-7-5-24)23-20(25)15-8-13-2-1-3-14(9-15)19(13)22/h10-15,19H,1-9,22H2,(H,23,25). The topological polar surface area (TPSA) is 67.6 Å². The first kappa shape index (κ1) is 17.7. The second-order valence-electron chi connectivity index (χ2n) is 7.98. The normalized spacial score (nSPS) is 31.5. The van der Waals surface area contributed by atoms with Gasteiger partial charge < -0.3 is 20.7 Å². The van der Waals surface area contributed by atoms with E-state index in [1.54, 1.807) is 0 Å². The van der Waals surface area contributed by atoms with Gasteiger partial charge in [0.05, 0.1) is 13.2 Å². The zero-order valence-corrected chi connectivity index (χ0v) is 15.1. The predicted octanol–water partition coefficient (Wildman–Crippen LogP) is 2.75. The number of halogens is 1. The monoisotopic (exact) mass is 361 g/mol. The molecule has 2 saturated carbocycles. The molecule has 0 radical (unpaired) electrons. The molecule has 0 aromatic heterocycles. The average Bonchev–Trinajstić information content (AvgIpc) is 2.61. The Morgan fingerprint density at radius 2 is 1.85 bits per heavy atom. The van der Waals surface area contributed by atoms with Crippen LogP contribution in [0.4, 0.5) is 15.8 Å². The van der Waals surface area contributed by atoms with Crippen LogP contribution in [0.1, 0.15) is 32.1 Å². The summed E-state index contributed by atoms with van der Waals surface area (Å²) in [4.78, 5) is 14.9. The summed E-state index contributed by atoms with van der Waals surface area (Å²) in [7, 11) is 0. The Kier molecular flexibility index (Phi) is 5.14. The number of hydrogen-bond acceptors (Lipinski definition) is 4. The van der Waals surface area contributed by atoms with E-state index in [4.69, 9.17) is 10.5 Å². The van der Waals surface area contributed by atoms with Gasteiger partial charge in [0.2, 0.25) is 5.91 Å². The third-order valence-electron chi connectivity index (χ3n) is 6.31. The van der Waals surface area contributed by atoms with Gasteiger partial charge in [0.15, 0.2) is 0 Å². The summed E-state index contributed by atoms with van der Waals surface area (Å²) in [5.74, 6) is 0.573. The zero-order valence-electron chi connectivity index (χ0n) is 15.1. The Morgan fingerprint density at radius 3 is 2.54 bits per heavy atom. The van der Waals surface area contributed by atoms with Gasteiger partial charge in [-0.2, -0.15) is 0 Å². The lowest BCUT2D eigenvalue weighted by Crippen LogP contribution is -2.48. The van der Waals surface area contributed by atoms with Crippen molar-refractivity contribution in [3.8, 4) is 0 Å². The van der Waals surface area contributed by atoms with Crippen molar-refractivity contribution in [3.63, 3.8) is 0 Å². The van der Waals surface area contributed by atoms with Crippen molar-refractivity contribution < 1.29 is 13.9 Å². The van der Waals surface area contributed by atoms with Crippen LogP contribution >= 0.6 is 0 Å². The maximum absolute atomic E-state index is 14.1. The molecule has 1 saturated heterocycles. The minimum absolute atomic E-state index is 0.00678. The number of morpholine rings is 1. The summed E-state index contributed by atoms with van der Waals surface area (Å²) < 4.78 is 19.4. The number of carbonyl (C=O) groups is 1. The first-order valence-electron chi connectivity index (χ1n) is 9.80. The molecule has 3 N–H and O–H groups in total. The molecule has 2 aliphatic carbocycles. The van der Waals surface area contributed by atoms with Gasteiger partial charge in [-0.05, 0) is 55.7 Å². The Bertz CT molecular complexity index is 648. The average molecular weight is 361 g/mol. The number of amides is 1. The number of nitrogens with zero attached hydrogens (tertiary/aromatic N) is 1. The molecule has 4 rings (SSSR count). The van der Waals surface area contributed by atoms with E-state index in [1.165, 1.54) is 18.6 Å². The van der Waals surface area contributed by atoms with Gasteiger partial charge in [0, 0.05) is 36.4 Å². The lowest BCUT2D eigenvalue weighted by atomic mass is 9.65. The summed E-state index contributed by atoms with van der Waals surface area (Å²) in [5.41, 5.74) is 7.66. The van der Waals surface area contributed by atoms with Gasteiger partial charge in [-0.25, -0.2) is 4.39 Å². The number of nitrogens with two attached hydrogens (primary N) is 1. The third-order valence-corrected chi connectivity index (χ3v) is 6.31. The van der Waals surface area contributed by atoms with Gasteiger partial charge in [-0.15, -0.1) is 0 Å². The Hall–Kier alpha value is -1.66. The summed E-state index contributed by atoms with van der Waals surface area (Å²) in [6.45, 7) is 2.76. The SMILES string of the molecule is NC1C2CCCC1CC(C(=O)Nc1cc(F)cc(N3CCOCC3)c1)C2. The van der Waals surface area contributed by atoms with E-state index in [-0.39, 0.29) is 23.7 Å². The molecule has 1 aromatic carbocycles. The van der Waals surface area contributed by atoms with E-state index in [0.29, 0.717) is 30.7 Å². The van der Waals surface area contributed by atoms with Crippen molar-refractivity contribution in [3.05, 3.63) is 24.0 Å². The van der Waals surface area contributed by atoms with Gasteiger partial charge in [-0.1, -0.05) is 6.42 Å². The highest BCUT2D eigenvalue weighted by Crippen LogP contribution is 2.42. The molecule has 6 heteroatoms. The van der Waals surface area contributed by atoms with Crippen LogP contribution in [0.25, 0.3) is 0 Å². The maximum atomic E-state index is 14.1. The van der Waals surface area contributed by atoms with E-state index < -0.39 is 0 Å². The van der Waals surface area contributed by atoms with Crippen molar-refractivity contribution in [2.24, 2.45) is 23.5 Å². The highest BCUT2D eigenvalue weighted by molar-refractivity contribution is 5.93. The molecule has 2 unspecified atom stereocenters. The minimum Gasteiger partial charge on any atom is -0.378 e. The molecule has 0 spiro atoms. The number of benzene rings is 1. The Morgan fingerprint density at radius 1 is 1.15 bits per heavy atom. The van der Waals surface area contributed by atoms with Gasteiger partial charge in [0.25, 0.3) is 0 Å². The van der Waals surface area contributed by atoms with Crippen LogP contribution in [-0.4, -0.2) is 38.3 Å². The maximum Gasteiger partial charge on any atom is 0.227 e. The molecule has 2 bridgehead atoms. The quantitative estimate of drug-likeness (QED) is 0.869. The van der Waals surface area contributed by atoms with Crippen LogP contribution < -0.4 is 16.0 Å². The number of nitrogens with one attached hydrogen (secondary N) is 1. The second kappa shape index (κ2) is 7.53. The molecule has 5 nitrogen and oxygen atoms in total. The molecule has 1 aliphatic heterocycles. The summed E-state index contributed by atoms with van der Waals surface area (Å²) in [6.07, 6.45) is 5.19. The number of anilines is 2. The largest absolute Gasteiger partial charge is 0.378 e. The molecule has 1 amide bonds. The first-order chi connectivity index (χ1) is 12.6. The zero-order chi connectivity index (χ0) is 18.1. The molecule has 1 aromatic rings. The fourth-order valence-electron chi connectivity index (χ4n) is 4.90. The highest BCUT2D eigenvalue weighted by atomic mass is 19.1. The first-order valence-corrected chi connectivity index (χ1v) is 9.80. The molecular formula is C20H28FN3O2. The molecule has 2 atom stereocenters. The van der Waals surface area contributed by atoms with E-state index in [2.05, 4.69) is 10.2 Å². The lowest BCUT2D eigenvalue weighted by molar-refractivity contribution is -0.122. The van der Waals surface area contributed by atoms with Crippen molar-refractivity contribution >= 4 is 17.3 Å². The second-order valence-corrected chi connectivity index (χ2v) is 7.98. The van der Waals surface area contributed by atoms with Crippen molar-refractivity contribution in [2.75, 3.05) is 36.5 Å². The van der Waals surface area contributed by atoms with Crippen molar-refractivity contribution in [1.29, 1.82) is 0 Å². The van der Waals surface area contributed by atoms with Crippen LogP contribution in [0.3, 0.4) is 0 Å². The van der Waals surface area contributed by atoms with E-state index >= 15 is 0 Å². The predicted molar refractivity (Wildman–Crippen MR) is 99.6 cm³/mol. The van der Waals surface area contributed by atoms with Crippen LogP contribution in [0.2, 0.25) is 0 Å². The number of rotatable bonds is 3. The lowest BCUT2D eigenvalue weighted by Gasteiger charge is -2.43. The molecule has 1 heterocycles. The fourth-order valence-corrected chi connectivity index (χ4v) is 4.90. The molecule has 26 heavy (non-hydrogen) atoms. The molecule has 3 aliphatic rings. The molecule has 142 valence electrons. The number of ether oxygens (including phenoxy) is 1. The Balaban J connectivity index is 1.45. The van der Waals surface area contributed by atoms with Crippen LogP contribution in [0.5, 0.6) is 0 Å². The summed E-state index contributed by atoms with van der Waals surface area (Å²) in [6, 6.07) is 5.03. The van der Waals surface area contributed by atoms with Crippen molar-refractivity contribution in [1.82, 2.24) is 0 Å². The number of hydrogen-bond donors (Lipinski definition) is 2. The van der Waals surface area contributed by atoms with Crippen LogP contribution in [0, 0.1) is 23.6 Å². The summed E-state index contributed by atoms with van der Waals surface area (Å²) >= 11 is 0. The Labute approximate surface area is 154 Å². The number of carbonyl (C=O) groups excluding carboxylic acids is 1. The van der Waals surface area contributed by atoms with E-state index in [0.717, 1.165) is 44.5 Å². The smallest absolute Gasteiger partial charge is 0.227 e. The minimum atomic E-state index is -0.327. The molecule has 3 fully saturated rings. The van der Waals surface area contributed by atoms with E-state index in [9.17, 15) is 9.18 Å². The highest BCUT2D eigenvalue weighted by Gasteiger charge is 2.40. The van der Waals surface area contributed by atoms with Crippen LogP contribution in [0.15, 0.2) is 18.2 Å². The van der Waals surface area contributed by atoms with Gasteiger partial charge >= 0.3 is 0 Å². The summed E-state index contributed by atoms with van der Waals surface area (Å²) in [5, 5.41) is 2.96. The van der Waals surface area contributed by atoms with Gasteiger partial charge in [-0.3, -0.25) is 4.79 Å². The van der Waals surface area contributed by atoms with E-state index in [1.807, 2.05) is 6.07 Å². The number of fused-ring (bicyclic) bond motifs is 2. The van der Waals surface area contributed by atoms with Crippen molar-refractivity contribution in [2.45, 2.75) is 38.1 Å². The van der Waals surface area contributed by atoms with Crippen LogP contribution in [-0.2, 0) is 9.53 Å². The fraction of sp³-hybridized carbons (Fsp3) is 0.650. The third kappa shape index (κ3) is 3.71. The van der Waals surface area contributed by atoms with Gasteiger partial charge in [0.1, 0.15) is 5.82 Å². The molecular weight excluding hydrogens is 333 g/mol.